The van der Waals surface area contributed by atoms with Crippen LogP contribution in [0, 0.1) is 15.9 Å². The van der Waals surface area contributed by atoms with Gasteiger partial charge >= 0.3 is 0 Å². The lowest BCUT2D eigenvalue weighted by Gasteiger charge is -2.31. The average Bonchev–Trinajstić information content (AvgIpc) is 2.78. The molecule has 1 N–H and O–H groups in total. The van der Waals surface area contributed by atoms with Crippen molar-refractivity contribution in [3.05, 3.63) is 88.2 Å². The number of rotatable bonds is 6. The van der Waals surface area contributed by atoms with E-state index >= 15 is 0 Å². The Morgan fingerprint density at radius 3 is 2.36 bits per heavy atom. The maximum atomic E-state index is 13.2. The summed E-state index contributed by atoms with van der Waals surface area (Å²) in [4.78, 5) is 9.94. The molecule has 172 valence electrons. The van der Waals surface area contributed by atoms with Crippen LogP contribution >= 0.6 is 0 Å². The van der Waals surface area contributed by atoms with Gasteiger partial charge in [-0.2, -0.15) is 0 Å². The summed E-state index contributed by atoms with van der Waals surface area (Å²) in [6.45, 7) is 0.228. The van der Waals surface area contributed by atoms with E-state index < -0.39 is 30.8 Å². The maximum absolute atomic E-state index is 13.2. The molecule has 0 bridgehead atoms. The summed E-state index contributed by atoms with van der Waals surface area (Å²) in [5.74, 6) is -0.548. The van der Waals surface area contributed by atoms with E-state index in [1.165, 1.54) is 52.8 Å². The normalized spacial score (nSPS) is 13.9. The first-order valence-electron chi connectivity index (χ1n) is 9.76. The predicted octanol–water partition coefficient (Wildman–Crippen LogP) is 3.68. The van der Waals surface area contributed by atoms with Crippen LogP contribution in [-0.2, 0) is 26.5 Å². The van der Waals surface area contributed by atoms with Gasteiger partial charge in [0.05, 0.1) is 20.4 Å². The van der Waals surface area contributed by atoms with E-state index in [9.17, 15) is 31.3 Å². The first-order valence-corrected chi connectivity index (χ1v) is 12.7. The smallest absolute Gasteiger partial charge is 0.270 e. The lowest BCUT2D eigenvalue weighted by atomic mass is 10.0. The Balaban J connectivity index is 1.64. The molecule has 3 aromatic rings. The zero-order valence-corrected chi connectivity index (χ0v) is 18.6. The molecule has 0 saturated carbocycles. The molecule has 0 radical (unpaired) electrons. The van der Waals surface area contributed by atoms with E-state index in [0.717, 1.165) is 18.2 Å². The van der Waals surface area contributed by atoms with Crippen LogP contribution in [0.3, 0.4) is 0 Å². The minimum atomic E-state index is -4.11. The van der Waals surface area contributed by atoms with Crippen LogP contribution in [0.15, 0.2) is 76.5 Å². The van der Waals surface area contributed by atoms with Crippen LogP contribution < -0.4 is 9.03 Å². The first-order chi connectivity index (χ1) is 15.6. The number of anilines is 2. The van der Waals surface area contributed by atoms with Crippen molar-refractivity contribution in [1.29, 1.82) is 0 Å². The highest BCUT2D eigenvalue weighted by molar-refractivity contribution is 7.93. The van der Waals surface area contributed by atoms with Crippen molar-refractivity contribution in [2.24, 2.45) is 0 Å². The van der Waals surface area contributed by atoms with Crippen molar-refractivity contribution in [1.82, 2.24) is 0 Å². The van der Waals surface area contributed by atoms with Gasteiger partial charge in [-0.05, 0) is 66.9 Å². The summed E-state index contributed by atoms with van der Waals surface area (Å²) in [5.41, 5.74) is 0.862. The molecule has 1 aliphatic rings. The maximum Gasteiger partial charge on any atom is 0.270 e. The number of aryl methyl sites for hydroxylation is 1. The second-order valence-electron chi connectivity index (χ2n) is 7.34. The molecule has 4 rings (SSSR count). The number of nitro groups is 1. The molecule has 0 atom stereocenters. The second kappa shape index (κ2) is 8.45. The van der Waals surface area contributed by atoms with E-state index in [4.69, 9.17) is 0 Å². The van der Waals surface area contributed by atoms with E-state index in [2.05, 4.69) is 4.72 Å². The molecule has 12 heteroatoms. The molecule has 1 heterocycles. The van der Waals surface area contributed by atoms with Crippen LogP contribution in [0.5, 0.6) is 0 Å². The molecule has 3 aromatic carbocycles. The molecule has 1 aliphatic heterocycles. The van der Waals surface area contributed by atoms with E-state index in [1.54, 1.807) is 0 Å². The molecule has 0 aromatic heterocycles. The highest BCUT2D eigenvalue weighted by atomic mass is 32.2. The van der Waals surface area contributed by atoms with Crippen LogP contribution in [0.2, 0.25) is 0 Å². The number of halogens is 1. The molecular formula is C21H18FN3O6S2. The third-order valence-corrected chi connectivity index (χ3v) is 8.35. The van der Waals surface area contributed by atoms with Gasteiger partial charge in [-0.25, -0.2) is 21.2 Å². The zero-order valence-electron chi connectivity index (χ0n) is 17.0. The van der Waals surface area contributed by atoms with Crippen molar-refractivity contribution >= 4 is 37.1 Å². The van der Waals surface area contributed by atoms with Crippen LogP contribution in [0.4, 0.5) is 21.5 Å². The monoisotopic (exact) mass is 491 g/mol. The van der Waals surface area contributed by atoms with Gasteiger partial charge in [0.25, 0.3) is 25.7 Å². The zero-order chi connectivity index (χ0) is 23.8. The average molecular weight is 492 g/mol. The lowest BCUT2D eigenvalue weighted by Crippen LogP contribution is -2.35. The van der Waals surface area contributed by atoms with Gasteiger partial charge in [-0.15, -0.1) is 0 Å². The van der Waals surface area contributed by atoms with Crippen LogP contribution in [0.25, 0.3) is 0 Å². The van der Waals surface area contributed by atoms with Crippen molar-refractivity contribution in [3.63, 3.8) is 0 Å². The van der Waals surface area contributed by atoms with Gasteiger partial charge in [0, 0.05) is 24.4 Å². The molecule has 9 nitrogen and oxygen atoms in total. The topological polar surface area (TPSA) is 127 Å². The second-order valence-corrected chi connectivity index (χ2v) is 10.9. The van der Waals surface area contributed by atoms with Gasteiger partial charge < -0.3 is 0 Å². The first kappa shape index (κ1) is 22.7. The van der Waals surface area contributed by atoms with Crippen LogP contribution in [0.1, 0.15) is 12.0 Å². The fourth-order valence-electron chi connectivity index (χ4n) is 3.59. The largest absolute Gasteiger partial charge is 0.280 e. The van der Waals surface area contributed by atoms with E-state index in [1.807, 2.05) is 0 Å². The fraction of sp³-hybridized carbons (Fsp3) is 0.143. The number of nitrogens with one attached hydrogen (secondary N) is 1. The van der Waals surface area contributed by atoms with E-state index in [0.29, 0.717) is 24.1 Å². The standard InChI is InChI=1S/C21H18FN3O6S2/c22-16-6-9-19(10-7-16)33(30,31)24-12-2-3-15-13-17(8-11-21(15)24)23-32(28,29)20-5-1-4-18(14-20)25(26)27/h1,4-11,13-14,23H,2-3,12H2. The molecular weight excluding hydrogens is 473 g/mol. The van der Waals surface area contributed by atoms with Crippen molar-refractivity contribution in [3.8, 4) is 0 Å². The van der Waals surface area contributed by atoms with Crippen LogP contribution in [-0.4, -0.2) is 28.3 Å². The highest BCUT2D eigenvalue weighted by Crippen LogP contribution is 2.34. The Labute approximate surface area is 189 Å². The minimum absolute atomic E-state index is 0.0489. The van der Waals surface area contributed by atoms with Gasteiger partial charge in [-0.3, -0.25) is 19.1 Å². The number of hydrogen-bond acceptors (Lipinski definition) is 6. The van der Waals surface area contributed by atoms with Gasteiger partial charge in [-0.1, -0.05) is 6.07 Å². The SMILES string of the molecule is O=[N+]([O-])c1cccc(S(=O)(=O)Nc2ccc3c(c2)CCCN3S(=O)(=O)c2ccc(F)cc2)c1. The minimum Gasteiger partial charge on any atom is -0.280 e. The summed E-state index contributed by atoms with van der Waals surface area (Å²) in [6, 6.07) is 13.7. The molecule has 0 spiro atoms. The number of benzene rings is 3. The quantitative estimate of drug-likeness (QED) is 0.414. The number of fused-ring (bicyclic) bond motifs is 1. The Bertz CT molecular complexity index is 1440. The number of hydrogen-bond donors (Lipinski definition) is 1. The number of sulfonamides is 2. The molecule has 0 saturated heterocycles. The Morgan fingerprint density at radius 1 is 0.939 bits per heavy atom. The number of nitrogens with zero attached hydrogens (tertiary/aromatic N) is 2. The highest BCUT2D eigenvalue weighted by Gasteiger charge is 2.29. The van der Waals surface area contributed by atoms with Crippen molar-refractivity contribution < 1.29 is 26.1 Å². The fourth-order valence-corrected chi connectivity index (χ4v) is 6.22. The Morgan fingerprint density at radius 2 is 1.67 bits per heavy atom. The van der Waals surface area contributed by atoms with Gasteiger partial charge in [0.15, 0.2) is 0 Å². The predicted molar refractivity (Wildman–Crippen MR) is 120 cm³/mol. The molecule has 0 fully saturated rings. The Kier molecular flexibility index (Phi) is 5.80. The number of non-ortho nitro benzene ring substituents is 1. The molecule has 0 amide bonds. The van der Waals surface area contributed by atoms with Crippen molar-refractivity contribution in [2.45, 2.75) is 22.6 Å². The number of nitro benzene ring substituents is 1. The molecule has 0 unspecified atom stereocenters. The van der Waals surface area contributed by atoms with Gasteiger partial charge in [0.2, 0.25) is 0 Å². The third-order valence-electron chi connectivity index (χ3n) is 5.15. The Hall–Kier alpha value is -3.51. The molecule has 0 aliphatic carbocycles. The summed E-state index contributed by atoms with van der Waals surface area (Å²) in [7, 11) is -8.04. The van der Waals surface area contributed by atoms with Crippen molar-refractivity contribution in [2.75, 3.05) is 15.6 Å². The summed E-state index contributed by atoms with van der Waals surface area (Å²) < 4.78 is 68.4. The lowest BCUT2D eigenvalue weighted by molar-refractivity contribution is -0.385. The van der Waals surface area contributed by atoms with E-state index in [-0.39, 0.29) is 27.7 Å². The molecule has 33 heavy (non-hydrogen) atoms. The summed E-state index contributed by atoms with van der Waals surface area (Å²) in [5, 5.41) is 10.9. The van der Waals surface area contributed by atoms with Gasteiger partial charge in [0.1, 0.15) is 5.82 Å². The third kappa shape index (κ3) is 4.52. The summed E-state index contributed by atoms with van der Waals surface area (Å²) in [6.07, 6.45) is 1.03. The summed E-state index contributed by atoms with van der Waals surface area (Å²) >= 11 is 0.